The molecule has 2 bridgehead atoms. The molecule has 0 amide bonds. The summed E-state index contributed by atoms with van der Waals surface area (Å²) in [6.07, 6.45) is 6.24. The first-order valence-electron chi connectivity index (χ1n) is 9.35. The van der Waals surface area contributed by atoms with Gasteiger partial charge >= 0.3 is 0 Å². The van der Waals surface area contributed by atoms with E-state index in [0.717, 1.165) is 40.5 Å². The minimum Gasteiger partial charge on any atom is -0.300 e. The Kier molecular flexibility index (Phi) is 3.90. The predicted molar refractivity (Wildman–Crippen MR) is 104 cm³/mol. The number of carbonyl (C=O) groups is 1. The Hall–Kier alpha value is -2.05. The van der Waals surface area contributed by atoms with Crippen molar-refractivity contribution in [2.45, 2.75) is 38.6 Å². The Morgan fingerprint density at radius 3 is 2.88 bits per heavy atom. The number of aromatic amines is 1. The molecule has 5 nitrogen and oxygen atoms in total. The molecule has 3 aromatic rings. The molecule has 0 spiro atoms. The summed E-state index contributed by atoms with van der Waals surface area (Å²) >= 11 is 1.67. The Balaban J connectivity index is 1.39. The third kappa shape index (κ3) is 2.77. The molecule has 5 heterocycles. The fourth-order valence-electron chi connectivity index (χ4n) is 4.46. The fraction of sp³-hybridized carbons (Fsp3) is 0.450. The summed E-state index contributed by atoms with van der Waals surface area (Å²) < 4.78 is 0. The van der Waals surface area contributed by atoms with E-state index in [1.165, 1.54) is 24.1 Å². The molecule has 3 fully saturated rings. The van der Waals surface area contributed by atoms with Crippen molar-refractivity contribution in [2.75, 3.05) is 13.1 Å². The number of hydrogen-bond acceptors (Lipinski definition) is 5. The summed E-state index contributed by atoms with van der Waals surface area (Å²) in [6.45, 7) is 4.36. The molecule has 26 heavy (non-hydrogen) atoms. The minimum absolute atomic E-state index is 0.159. The van der Waals surface area contributed by atoms with Crippen LogP contribution in [0.15, 0.2) is 24.4 Å². The van der Waals surface area contributed by atoms with Crippen molar-refractivity contribution in [1.29, 1.82) is 0 Å². The van der Waals surface area contributed by atoms with Crippen LogP contribution in [0.5, 0.6) is 0 Å². The van der Waals surface area contributed by atoms with Crippen LogP contribution in [-0.4, -0.2) is 45.0 Å². The zero-order valence-corrected chi connectivity index (χ0v) is 15.7. The number of piperidine rings is 3. The lowest BCUT2D eigenvalue weighted by molar-refractivity contribution is 0.0427. The van der Waals surface area contributed by atoms with Gasteiger partial charge in [-0.2, -0.15) is 5.10 Å². The topological polar surface area (TPSA) is 61.9 Å². The van der Waals surface area contributed by atoms with Crippen LogP contribution in [0.1, 0.15) is 41.0 Å². The number of Topliss-reactive ketones (excluding diaryl/α,β-unsaturated/α-hetero) is 1. The average molecular weight is 366 g/mol. The van der Waals surface area contributed by atoms with E-state index in [-0.39, 0.29) is 5.78 Å². The van der Waals surface area contributed by atoms with E-state index >= 15 is 0 Å². The van der Waals surface area contributed by atoms with Crippen LogP contribution < -0.4 is 0 Å². The molecule has 3 aliphatic rings. The monoisotopic (exact) mass is 366 g/mol. The van der Waals surface area contributed by atoms with Crippen LogP contribution in [0.4, 0.5) is 0 Å². The van der Waals surface area contributed by atoms with E-state index in [0.29, 0.717) is 18.2 Å². The van der Waals surface area contributed by atoms with Gasteiger partial charge in [-0.1, -0.05) is 6.07 Å². The highest BCUT2D eigenvalue weighted by Crippen LogP contribution is 2.34. The van der Waals surface area contributed by atoms with Gasteiger partial charge < -0.3 is 0 Å². The summed E-state index contributed by atoms with van der Waals surface area (Å²) in [5, 5.41) is 9.32. The molecule has 1 atom stereocenters. The van der Waals surface area contributed by atoms with Gasteiger partial charge in [-0.25, -0.2) is 4.98 Å². The van der Waals surface area contributed by atoms with Gasteiger partial charge in [0.05, 0.1) is 5.52 Å². The van der Waals surface area contributed by atoms with Gasteiger partial charge in [0.1, 0.15) is 10.7 Å². The van der Waals surface area contributed by atoms with Crippen LogP contribution in [0.3, 0.4) is 0 Å². The third-order valence-corrected chi connectivity index (χ3v) is 6.85. The lowest BCUT2D eigenvalue weighted by atomic mass is 9.81. The molecule has 0 aliphatic carbocycles. The van der Waals surface area contributed by atoms with Gasteiger partial charge in [0.15, 0.2) is 5.78 Å². The smallest absolute Gasteiger partial charge is 0.185 e. The number of carbonyl (C=O) groups excluding carboxylic acids is 1. The standard InChI is InChI=1S/C20H22N4OS/c1-12-11-21-20(26-12)14-2-3-16-17(9-14)22-23-19(16)18(25)10-15-8-13-4-6-24(15)7-5-13/h2-3,9,11,13,15H,4-8,10H2,1H3,(H,22,23)/t15-/m0/s1. The maximum absolute atomic E-state index is 12.9. The maximum Gasteiger partial charge on any atom is 0.185 e. The number of thiazole rings is 1. The Morgan fingerprint density at radius 2 is 2.19 bits per heavy atom. The summed E-state index contributed by atoms with van der Waals surface area (Å²) in [4.78, 5) is 21.0. The maximum atomic E-state index is 12.9. The molecule has 6 rings (SSSR count). The molecule has 2 aromatic heterocycles. The second kappa shape index (κ2) is 6.28. The quantitative estimate of drug-likeness (QED) is 0.708. The van der Waals surface area contributed by atoms with E-state index < -0.39 is 0 Å². The van der Waals surface area contributed by atoms with E-state index in [1.54, 1.807) is 11.3 Å². The van der Waals surface area contributed by atoms with E-state index in [4.69, 9.17) is 0 Å². The molecule has 0 saturated carbocycles. The number of rotatable bonds is 4. The molecule has 3 aliphatic heterocycles. The van der Waals surface area contributed by atoms with Crippen LogP contribution in [0, 0.1) is 12.8 Å². The van der Waals surface area contributed by atoms with E-state index in [9.17, 15) is 4.79 Å². The van der Waals surface area contributed by atoms with Gasteiger partial charge in [0, 0.05) is 34.5 Å². The molecular formula is C20H22N4OS. The van der Waals surface area contributed by atoms with Crippen LogP contribution in [0.2, 0.25) is 0 Å². The second-order valence-electron chi connectivity index (χ2n) is 7.60. The van der Waals surface area contributed by atoms with Gasteiger partial charge in [0.25, 0.3) is 0 Å². The molecule has 0 radical (unpaired) electrons. The minimum atomic E-state index is 0.159. The number of H-pyrrole nitrogens is 1. The summed E-state index contributed by atoms with van der Waals surface area (Å²) in [6, 6.07) is 6.49. The number of hydrogen-bond donors (Lipinski definition) is 1. The molecule has 6 heteroatoms. The van der Waals surface area contributed by atoms with Gasteiger partial charge in [0.2, 0.25) is 0 Å². The van der Waals surface area contributed by atoms with E-state index in [1.807, 2.05) is 24.4 Å². The van der Waals surface area contributed by atoms with Crippen molar-refractivity contribution < 1.29 is 4.79 Å². The molecule has 3 saturated heterocycles. The lowest BCUT2D eigenvalue weighted by Crippen LogP contribution is -2.49. The van der Waals surface area contributed by atoms with Gasteiger partial charge in [-0.05, 0) is 57.3 Å². The van der Waals surface area contributed by atoms with Crippen molar-refractivity contribution in [3.63, 3.8) is 0 Å². The van der Waals surface area contributed by atoms with Gasteiger partial charge in [-0.3, -0.25) is 14.8 Å². The number of aromatic nitrogens is 3. The fourth-order valence-corrected chi connectivity index (χ4v) is 5.22. The number of ketones is 1. The highest BCUT2D eigenvalue weighted by atomic mass is 32.1. The van der Waals surface area contributed by atoms with Crippen molar-refractivity contribution in [3.05, 3.63) is 35.0 Å². The second-order valence-corrected chi connectivity index (χ2v) is 8.84. The highest BCUT2D eigenvalue weighted by Gasteiger charge is 2.35. The first-order valence-corrected chi connectivity index (χ1v) is 10.2. The summed E-state index contributed by atoms with van der Waals surface area (Å²) in [5.74, 6) is 0.977. The molecule has 134 valence electrons. The van der Waals surface area contributed by atoms with Crippen LogP contribution in [0.25, 0.3) is 21.5 Å². The van der Waals surface area contributed by atoms with Crippen LogP contribution >= 0.6 is 11.3 Å². The zero-order valence-electron chi connectivity index (χ0n) is 14.9. The third-order valence-electron chi connectivity index (χ3n) is 5.89. The molecule has 1 N–H and O–H groups in total. The lowest BCUT2D eigenvalue weighted by Gasteiger charge is -2.45. The molecular weight excluding hydrogens is 344 g/mol. The Morgan fingerprint density at radius 1 is 1.35 bits per heavy atom. The van der Waals surface area contributed by atoms with E-state index in [2.05, 4.69) is 27.0 Å². The van der Waals surface area contributed by atoms with Crippen molar-refractivity contribution in [3.8, 4) is 10.6 Å². The number of aryl methyl sites for hydroxylation is 1. The first-order chi connectivity index (χ1) is 12.7. The number of nitrogens with zero attached hydrogens (tertiary/aromatic N) is 3. The largest absolute Gasteiger partial charge is 0.300 e. The first kappa shape index (κ1) is 16.1. The SMILES string of the molecule is Cc1cnc(-c2ccc3c(C(=O)C[C@@H]4CC5CCN4CC5)n[nH]c3c2)s1. The average Bonchev–Trinajstić information content (AvgIpc) is 3.28. The molecule has 1 aromatic carbocycles. The van der Waals surface area contributed by atoms with Crippen molar-refractivity contribution in [1.82, 2.24) is 20.1 Å². The van der Waals surface area contributed by atoms with Crippen molar-refractivity contribution in [2.24, 2.45) is 5.92 Å². The van der Waals surface area contributed by atoms with Gasteiger partial charge in [-0.15, -0.1) is 11.3 Å². The summed E-state index contributed by atoms with van der Waals surface area (Å²) in [5.41, 5.74) is 2.56. The molecule has 0 unspecified atom stereocenters. The summed E-state index contributed by atoms with van der Waals surface area (Å²) in [7, 11) is 0. The Bertz CT molecular complexity index is 967. The van der Waals surface area contributed by atoms with Crippen LogP contribution in [-0.2, 0) is 0 Å². The number of fused-ring (bicyclic) bond motifs is 4. The highest BCUT2D eigenvalue weighted by molar-refractivity contribution is 7.14. The Labute approximate surface area is 156 Å². The normalized spacial score (nSPS) is 25.0. The number of nitrogens with one attached hydrogen (secondary N) is 1. The predicted octanol–water partition coefficient (Wildman–Crippen LogP) is 4.05. The zero-order chi connectivity index (χ0) is 17.7. The van der Waals surface area contributed by atoms with Crippen molar-refractivity contribution >= 4 is 28.0 Å². The number of benzene rings is 1.